The standard InChI is InChI=1S/C34H40N2O6/c1-34(2,3)42-33(40)35-21-22-36(28(24-35)23-25-11-5-4-6-12-25)31(37)19-17-26-13-7-9-15-29(26)41-30-16-10-8-14-27(30)18-20-32(38)39/h4-16,28H,17-24H2,1-3H3,(H,38,39)/t28-/m1/s1. The Morgan fingerprint density at radius 1 is 0.810 bits per heavy atom. The van der Waals surface area contributed by atoms with Gasteiger partial charge in [-0.25, -0.2) is 4.79 Å². The van der Waals surface area contributed by atoms with Crippen LogP contribution in [0.3, 0.4) is 0 Å². The van der Waals surface area contributed by atoms with Gasteiger partial charge >= 0.3 is 12.1 Å². The van der Waals surface area contributed by atoms with Gasteiger partial charge in [-0.3, -0.25) is 9.59 Å². The number of hydrogen-bond acceptors (Lipinski definition) is 5. The van der Waals surface area contributed by atoms with Crippen LogP contribution in [-0.4, -0.2) is 64.2 Å². The number of ether oxygens (including phenoxy) is 2. The average Bonchev–Trinajstić information content (AvgIpc) is 2.95. The number of piperazine rings is 1. The molecule has 8 heteroatoms. The van der Waals surface area contributed by atoms with E-state index in [-0.39, 0.29) is 24.5 Å². The highest BCUT2D eigenvalue weighted by Gasteiger charge is 2.34. The fourth-order valence-corrected chi connectivity index (χ4v) is 5.10. The van der Waals surface area contributed by atoms with Crippen molar-refractivity contribution in [3.05, 3.63) is 95.6 Å². The molecule has 1 saturated heterocycles. The van der Waals surface area contributed by atoms with E-state index in [2.05, 4.69) is 0 Å². The van der Waals surface area contributed by atoms with Crippen LogP contribution in [0.5, 0.6) is 11.5 Å². The smallest absolute Gasteiger partial charge is 0.410 e. The van der Waals surface area contributed by atoms with Gasteiger partial charge in [0.2, 0.25) is 5.91 Å². The van der Waals surface area contributed by atoms with E-state index in [1.165, 1.54) is 0 Å². The molecule has 0 unspecified atom stereocenters. The molecule has 1 N–H and O–H groups in total. The molecule has 1 aliphatic rings. The van der Waals surface area contributed by atoms with Gasteiger partial charge < -0.3 is 24.4 Å². The van der Waals surface area contributed by atoms with E-state index >= 15 is 0 Å². The van der Waals surface area contributed by atoms with Gasteiger partial charge in [-0.05, 0) is 68.9 Å². The summed E-state index contributed by atoms with van der Waals surface area (Å²) in [4.78, 5) is 41.2. The summed E-state index contributed by atoms with van der Waals surface area (Å²) < 4.78 is 11.9. The molecule has 0 spiro atoms. The van der Waals surface area contributed by atoms with Crippen molar-refractivity contribution in [3.8, 4) is 11.5 Å². The lowest BCUT2D eigenvalue weighted by atomic mass is 10.0. The largest absolute Gasteiger partial charge is 0.481 e. The summed E-state index contributed by atoms with van der Waals surface area (Å²) in [7, 11) is 0. The molecule has 3 aromatic rings. The van der Waals surface area contributed by atoms with Gasteiger partial charge in [0, 0.05) is 32.5 Å². The minimum Gasteiger partial charge on any atom is -0.481 e. The number of amides is 2. The van der Waals surface area contributed by atoms with Crippen molar-refractivity contribution in [2.24, 2.45) is 0 Å². The normalized spacial score (nSPS) is 15.3. The fraction of sp³-hybridized carbons (Fsp3) is 0.382. The number of hydrogen-bond donors (Lipinski definition) is 1. The van der Waals surface area contributed by atoms with Crippen molar-refractivity contribution >= 4 is 18.0 Å². The van der Waals surface area contributed by atoms with Crippen LogP contribution < -0.4 is 4.74 Å². The summed E-state index contributed by atoms with van der Waals surface area (Å²) in [5.74, 6) is 0.417. The van der Waals surface area contributed by atoms with Gasteiger partial charge in [-0.1, -0.05) is 66.7 Å². The van der Waals surface area contributed by atoms with Crippen molar-refractivity contribution < 1.29 is 29.0 Å². The zero-order chi connectivity index (χ0) is 30.1. The fourth-order valence-electron chi connectivity index (χ4n) is 5.10. The maximum absolute atomic E-state index is 13.6. The van der Waals surface area contributed by atoms with E-state index in [9.17, 15) is 14.4 Å². The summed E-state index contributed by atoms with van der Waals surface area (Å²) >= 11 is 0. The maximum Gasteiger partial charge on any atom is 0.410 e. The molecule has 0 bridgehead atoms. The van der Waals surface area contributed by atoms with E-state index in [4.69, 9.17) is 14.6 Å². The monoisotopic (exact) mass is 572 g/mol. The molecule has 2 amide bonds. The third-order valence-electron chi connectivity index (χ3n) is 7.15. The highest BCUT2D eigenvalue weighted by molar-refractivity contribution is 5.78. The summed E-state index contributed by atoms with van der Waals surface area (Å²) in [5, 5.41) is 9.11. The predicted molar refractivity (Wildman–Crippen MR) is 161 cm³/mol. The van der Waals surface area contributed by atoms with Crippen molar-refractivity contribution in [2.75, 3.05) is 19.6 Å². The van der Waals surface area contributed by atoms with Gasteiger partial charge in [0.05, 0.1) is 6.04 Å². The van der Waals surface area contributed by atoms with Gasteiger partial charge in [-0.2, -0.15) is 0 Å². The van der Waals surface area contributed by atoms with Crippen LogP contribution in [0, 0.1) is 0 Å². The molecule has 1 atom stereocenters. The molecule has 1 heterocycles. The molecular formula is C34H40N2O6. The minimum absolute atomic E-state index is 0.0157. The SMILES string of the molecule is CC(C)(C)OC(=O)N1CCN(C(=O)CCc2ccccc2Oc2ccccc2CCC(=O)O)[C@H](Cc2ccccc2)C1. The first-order valence-electron chi connectivity index (χ1n) is 14.5. The number of aliphatic carboxylic acids is 1. The highest BCUT2D eigenvalue weighted by atomic mass is 16.6. The Balaban J connectivity index is 1.45. The van der Waals surface area contributed by atoms with Crippen LogP contribution in [0.4, 0.5) is 4.79 Å². The average molecular weight is 573 g/mol. The number of para-hydroxylation sites is 2. The number of benzene rings is 3. The summed E-state index contributed by atoms with van der Waals surface area (Å²) in [6.45, 7) is 6.80. The first kappa shape index (κ1) is 30.6. The molecule has 222 valence electrons. The van der Waals surface area contributed by atoms with Gasteiger partial charge in [0.15, 0.2) is 0 Å². The second-order valence-corrected chi connectivity index (χ2v) is 11.6. The first-order valence-corrected chi connectivity index (χ1v) is 14.5. The molecular weight excluding hydrogens is 532 g/mol. The zero-order valence-corrected chi connectivity index (χ0v) is 24.6. The number of carboxylic acid groups (broad SMARTS) is 1. The third-order valence-corrected chi connectivity index (χ3v) is 7.15. The molecule has 0 saturated carbocycles. The van der Waals surface area contributed by atoms with Gasteiger partial charge in [-0.15, -0.1) is 0 Å². The van der Waals surface area contributed by atoms with E-state index in [1.54, 1.807) is 4.90 Å². The molecule has 42 heavy (non-hydrogen) atoms. The first-order chi connectivity index (χ1) is 20.1. The van der Waals surface area contributed by atoms with Gasteiger partial charge in [0.1, 0.15) is 17.1 Å². The van der Waals surface area contributed by atoms with Crippen LogP contribution in [0.25, 0.3) is 0 Å². The molecule has 4 rings (SSSR count). The van der Waals surface area contributed by atoms with E-state index in [0.717, 1.165) is 16.7 Å². The lowest BCUT2D eigenvalue weighted by Crippen LogP contribution is -2.57. The maximum atomic E-state index is 13.6. The summed E-state index contributed by atoms with van der Waals surface area (Å²) in [6, 6.07) is 24.9. The molecule has 0 aliphatic carbocycles. The van der Waals surface area contributed by atoms with E-state index in [0.29, 0.717) is 56.8 Å². The van der Waals surface area contributed by atoms with Crippen molar-refractivity contribution in [1.82, 2.24) is 9.80 Å². The topological polar surface area (TPSA) is 96.4 Å². The van der Waals surface area contributed by atoms with Crippen molar-refractivity contribution in [3.63, 3.8) is 0 Å². The predicted octanol–water partition coefficient (Wildman–Crippen LogP) is 6.12. The van der Waals surface area contributed by atoms with Gasteiger partial charge in [0.25, 0.3) is 0 Å². The Hall–Kier alpha value is -4.33. The quantitative estimate of drug-likeness (QED) is 0.315. The second-order valence-electron chi connectivity index (χ2n) is 11.6. The molecule has 1 fully saturated rings. The highest BCUT2D eigenvalue weighted by Crippen LogP contribution is 2.30. The molecule has 1 aliphatic heterocycles. The van der Waals surface area contributed by atoms with Crippen molar-refractivity contribution in [1.29, 1.82) is 0 Å². The minimum atomic E-state index is -0.860. The number of aryl methyl sites for hydroxylation is 2. The molecule has 0 radical (unpaired) electrons. The summed E-state index contributed by atoms with van der Waals surface area (Å²) in [6.07, 6.45) is 1.43. The van der Waals surface area contributed by atoms with Crippen LogP contribution in [0.15, 0.2) is 78.9 Å². The van der Waals surface area contributed by atoms with Crippen LogP contribution in [-0.2, 0) is 33.6 Å². The lowest BCUT2D eigenvalue weighted by molar-refractivity contribution is -0.137. The van der Waals surface area contributed by atoms with E-state index < -0.39 is 11.6 Å². The van der Waals surface area contributed by atoms with Crippen molar-refractivity contribution in [2.45, 2.75) is 64.5 Å². The van der Waals surface area contributed by atoms with Crippen LogP contribution in [0.1, 0.15) is 50.3 Å². The second kappa shape index (κ2) is 14.0. The van der Waals surface area contributed by atoms with Crippen LogP contribution in [0.2, 0.25) is 0 Å². The Morgan fingerprint density at radius 3 is 1.98 bits per heavy atom. The number of carbonyl (C=O) groups is 3. The number of carboxylic acids is 1. The molecule has 8 nitrogen and oxygen atoms in total. The van der Waals surface area contributed by atoms with E-state index in [1.807, 2.05) is 105 Å². The summed E-state index contributed by atoms with van der Waals surface area (Å²) in [5.41, 5.74) is 2.22. The Morgan fingerprint density at radius 2 is 1.38 bits per heavy atom. The third kappa shape index (κ3) is 8.83. The molecule has 3 aromatic carbocycles. The Labute approximate surface area is 247 Å². The Bertz CT molecular complexity index is 1370. The van der Waals surface area contributed by atoms with Crippen LogP contribution >= 0.6 is 0 Å². The Kier molecular flexibility index (Phi) is 10.2. The lowest BCUT2D eigenvalue weighted by Gasteiger charge is -2.42. The number of carbonyl (C=O) groups excluding carboxylic acids is 2. The number of rotatable bonds is 10. The number of nitrogens with zero attached hydrogens (tertiary/aromatic N) is 2. The zero-order valence-electron chi connectivity index (χ0n) is 24.6. The molecule has 0 aromatic heterocycles.